The first-order chi connectivity index (χ1) is 8.06. The van der Waals surface area contributed by atoms with Gasteiger partial charge in [0.25, 0.3) is 0 Å². The predicted octanol–water partition coefficient (Wildman–Crippen LogP) is 5.02. The summed E-state index contributed by atoms with van der Waals surface area (Å²) in [5, 5.41) is 5.25. The minimum absolute atomic E-state index is 0.112. The Labute approximate surface area is 109 Å². The number of rotatable bonds is 3. The summed E-state index contributed by atoms with van der Waals surface area (Å²) in [4.78, 5) is 0. The molecular formula is C13H13ClFNS. The van der Waals surface area contributed by atoms with Crippen molar-refractivity contribution >= 4 is 28.6 Å². The fraction of sp³-hybridized carbons (Fsp3) is 0.231. The third-order valence-corrected chi connectivity index (χ3v) is 3.75. The van der Waals surface area contributed by atoms with Gasteiger partial charge in [-0.25, -0.2) is 4.39 Å². The molecule has 90 valence electrons. The molecule has 0 aliphatic heterocycles. The largest absolute Gasteiger partial charge is 0.378 e. The molecule has 4 heteroatoms. The van der Waals surface area contributed by atoms with Crippen LogP contribution in [0.5, 0.6) is 0 Å². The third-order valence-electron chi connectivity index (χ3n) is 2.64. The zero-order chi connectivity index (χ0) is 12.4. The van der Waals surface area contributed by atoms with E-state index < -0.39 is 0 Å². The van der Waals surface area contributed by atoms with E-state index in [1.165, 1.54) is 17.4 Å². The molecule has 1 aromatic carbocycles. The Morgan fingerprint density at radius 2 is 2.12 bits per heavy atom. The zero-order valence-electron chi connectivity index (χ0n) is 9.63. The summed E-state index contributed by atoms with van der Waals surface area (Å²) in [7, 11) is 0. The molecule has 0 bridgehead atoms. The van der Waals surface area contributed by atoms with E-state index in [1.54, 1.807) is 13.0 Å². The van der Waals surface area contributed by atoms with Gasteiger partial charge < -0.3 is 5.32 Å². The van der Waals surface area contributed by atoms with Gasteiger partial charge in [0.05, 0.1) is 4.34 Å². The van der Waals surface area contributed by atoms with Crippen LogP contribution < -0.4 is 5.32 Å². The average molecular weight is 270 g/mol. The van der Waals surface area contributed by atoms with Crippen LogP contribution in [-0.4, -0.2) is 0 Å². The quantitative estimate of drug-likeness (QED) is 0.825. The van der Waals surface area contributed by atoms with E-state index in [0.717, 1.165) is 15.6 Å². The smallest absolute Gasteiger partial charge is 0.128 e. The van der Waals surface area contributed by atoms with Gasteiger partial charge in [0.1, 0.15) is 5.82 Å². The van der Waals surface area contributed by atoms with E-state index in [9.17, 15) is 4.39 Å². The Kier molecular flexibility index (Phi) is 3.69. The maximum Gasteiger partial charge on any atom is 0.128 e. The Balaban J connectivity index is 2.12. The highest BCUT2D eigenvalue weighted by Gasteiger charge is 2.08. The summed E-state index contributed by atoms with van der Waals surface area (Å²) in [5.74, 6) is -0.189. The number of hydrogen-bond donors (Lipinski definition) is 1. The lowest BCUT2D eigenvalue weighted by Crippen LogP contribution is -2.05. The van der Waals surface area contributed by atoms with E-state index in [2.05, 4.69) is 5.32 Å². The highest BCUT2D eigenvalue weighted by Crippen LogP contribution is 2.27. The lowest BCUT2D eigenvalue weighted by Gasteiger charge is -2.14. The van der Waals surface area contributed by atoms with E-state index in [0.29, 0.717) is 5.56 Å². The second kappa shape index (κ2) is 5.07. The number of halogens is 2. The van der Waals surface area contributed by atoms with Crippen LogP contribution in [0.2, 0.25) is 4.34 Å². The van der Waals surface area contributed by atoms with Crippen molar-refractivity contribution in [2.75, 3.05) is 5.32 Å². The lowest BCUT2D eigenvalue weighted by molar-refractivity contribution is 0.618. The van der Waals surface area contributed by atoms with Crippen LogP contribution in [0.3, 0.4) is 0 Å². The van der Waals surface area contributed by atoms with E-state index >= 15 is 0 Å². The van der Waals surface area contributed by atoms with E-state index in [-0.39, 0.29) is 11.9 Å². The molecule has 2 aromatic rings. The number of aryl methyl sites for hydroxylation is 1. The summed E-state index contributed by atoms with van der Waals surface area (Å²) in [5.41, 5.74) is 2.55. The topological polar surface area (TPSA) is 12.0 Å². The third kappa shape index (κ3) is 2.99. The first-order valence-corrected chi connectivity index (χ1v) is 6.58. The summed E-state index contributed by atoms with van der Waals surface area (Å²) in [6.07, 6.45) is 0. The summed E-state index contributed by atoms with van der Waals surface area (Å²) >= 11 is 7.38. The van der Waals surface area contributed by atoms with Gasteiger partial charge in [-0.3, -0.25) is 0 Å². The minimum Gasteiger partial charge on any atom is -0.378 e. The van der Waals surface area contributed by atoms with Crippen LogP contribution in [-0.2, 0) is 0 Å². The van der Waals surface area contributed by atoms with Crippen LogP contribution in [0.25, 0.3) is 0 Å². The molecule has 0 aliphatic rings. The average Bonchev–Trinajstić information content (AvgIpc) is 2.70. The van der Waals surface area contributed by atoms with Crippen LogP contribution in [0, 0.1) is 12.7 Å². The molecule has 0 saturated carbocycles. The predicted molar refractivity (Wildman–Crippen MR) is 72.5 cm³/mol. The first kappa shape index (κ1) is 12.4. The molecule has 0 aliphatic carbocycles. The van der Waals surface area contributed by atoms with Crippen LogP contribution in [0.4, 0.5) is 10.1 Å². The maximum absolute atomic E-state index is 13.4. The molecule has 2 rings (SSSR count). The fourth-order valence-corrected chi connectivity index (χ4v) is 2.55. The highest BCUT2D eigenvalue weighted by atomic mass is 35.5. The molecule has 0 amide bonds. The van der Waals surface area contributed by atoms with Gasteiger partial charge in [-0.2, -0.15) is 0 Å². The molecule has 1 nitrogen and oxygen atoms in total. The van der Waals surface area contributed by atoms with Crippen LogP contribution >= 0.6 is 22.9 Å². The van der Waals surface area contributed by atoms with Gasteiger partial charge in [0.2, 0.25) is 0 Å². The van der Waals surface area contributed by atoms with Crippen molar-refractivity contribution in [3.8, 4) is 0 Å². The molecule has 0 fully saturated rings. The van der Waals surface area contributed by atoms with Crippen molar-refractivity contribution in [2.24, 2.45) is 0 Å². The van der Waals surface area contributed by atoms with Crippen molar-refractivity contribution in [2.45, 2.75) is 19.9 Å². The second-order valence-corrected chi connectivity index (χ2v) is 5.56. The van der Waals surface area contributed by atoms with Crippen LogP contribution in [0.1, 0.15) is 24.1 Å². The Bertz CT molecular complexity index is 524. The van der Waals surface area contributed by atoms with Crippen molar-refractivity contribution in [3.63, 3.8) is 0 Å². The van der Waals surface area contributed by atoms with Gasteiger partial charge >= 0.3 is 0 Å². The van der Waals surface area contributed by atoms with Crippen molar-refractivity contribution in [3.05, 3.63) is 50.9 Å². The minimum atomic E-state index is -0.189. The highest BCUT2D eigenvalue weighted by molar-refractivity contribution is 7.14. The second-order valence-electron chi connectivity index (χ2n) is 4.01. The lowest BCUT2D eigenvalue weighted by atomic mass is 10.1. The molecule has 17 heavy (non-hydrogen) atoms. The number of thiophene rings is 1. The summed E-state index contributed by atoms with van der Waals surface area (Å²) in [6, 6.07) is 7.20. The first-order valence-electron chi connectivity index (χ1n) is 5.33. The summed E-state index contributed by atoms with van der Waals surface area (Å²) in [6.45, 7) is 3.78. The monoisotopic (exact) mass is 269 g/mol. The van der Waals surface area contributed by atoms with Gasteiger partial charge in [0, 0.05) is 11.7 Å². The molecule has 1 atom stereocenters. The molecule has 1 unspecified atom stereocenters. The maximum atomic E-state index is 13.4. The van der Waals surface area contributed by atoms with E-state index in [4.69, 9.17) is 11.6 Å². The summed E-state index contributed by atoms with van der Waals surface area (Å²) < 4.78 is 14.1. The molecule has 0 radical (unpaired) electrons. The van der Waals surface area contributed by atoms with Crippen LogP contribution in [0.15, 0.2) is 29.6 Å². The van der Waals surface area contributed by atoms with E-state index in [1.807, 2.05) is 24.4 Å². The number of benzene rings is 1. The molecular weight excluding hydrogens is 257 g/mol. The number of anilines is 1. The molecule has 1 heterocycles. The molecule has 0 spiro atoms. The number of nitrogens with one attached hydrogen (secondary N) is 1. The Hall–Kier alpha value is -1.06. The Morgan fingerprint density at radius 1 is 1.35 bits per heavy atom. The standard InChI is InChI=1S/C13H13ClFNS/c1-8-3-4-11(6-12(8)15)16-9(2)10-5-13(14)17-7-10/h3-7,9,16H,1-2H3. The fourth-order valence-electron chi connectivity index (χ4n) is 1.57. The SMILES string of the molecule is Cc1ccc(NC(C)c2csc(Cl)c2)cc1F. The zero-order valence-corrected chi connectivity index (χ0v) is 11.2. The van der Waals surface area contributed by atoms with Crippen molar-refractivity contribution < 1.29 is 4.39 Å². The molecule has 1 N–H and O–H groups in total. The number of hydrogen-bond acceptors (Lipinski definition) is 2. The van der Waals surface area contributed by atoms with Gasteiger partial charge in [0.15, 0.2) is 0 Å². The van der Waals surface area contributed by atoms with Crippen molar-refractivity contribution in [1.29, 1.82) is 0 Å². The van der Waals surface area contributed by atoms with Gasteiger partial charge in [-0.05, 0) is 48.6 Å². The molecule has 0 saturated heterocycles. The normalized spacial score (nSPS) is 12.5. The van der Waals surface area contributed by atoms with Gasteiger partial charge in [-0.15, -0.1) is 11.3 Å². The molecule has 1 aromatic heterocycles. The Morgan fingerprint density at radius 3 is 2.71 bits per heavy atom. The van der Waals surface area contributed by atoms with Crippen molar-refractivity contribution in [1.82, 2.24) is 0 Å². The van der Waals surface area contributed by atoms with Gasteiger partial charge in [-0.1, -0.05) is 17.7 Å².